The molecule has 0 aliphatic rings. The normalized spacial score (nSPS) is 11.5. The fourth-order valence-electron chi connectivity index (χ4n) is 5.79. The summed E-state index contributed by atoms with van der Waals surface area (Å²) in [5, 5.41) is 6.72. The Morgan fingerprint density at radius 2 is 1.24 bits per heavy atom. The van der Waals surface area contributed by atoms with Crippen molar-refractivity contribution >= 4 is 54.7 Å². The van der Waals surface area contributed by atoms with Crippen LogP contribution < -0.4 is 0 Å². The lowest BCUT2D eigenvalue weighted by Gasteiger charge is -2.13. The zero-order valence-corrected chi connectivity index (χ0v) is 24.0. The summed E-state index contributed by atoms with van der Waals surface area (Å²) in [5.74, 6) is 0. The van der Waals surface area contributed by atoms with Crippen molar-refractivity contribution in [2.24, 2.45) is 0 Å². The number of halogens is 1. The van der Waals surface area contributed by atoms with Gasteiger partial charge in [-0.2, -0.15) is 0 Å². The van der Waals surface area contributed by atoms with Crippen LogP contribution in [-0.4, -0.2) is 9.97 Å². The van der Waals surface area contributed by atoms with Gasteiger partial charge in [0.15, 0.2) is 0 Å². The highest BCUT2D eigenvalue weighted by atomic mass is 35.5. The second kappa shape index (κ2) is 10.2. The van der Waals surface area contributed by atoms with E-state index >= 15 is 0 Å². The van der Waals surface area contributed by atoms with E-state index in [9.17, 15) is 0 Å². The van der Waals surface area contributed by atoms with Crippen LogP contribution in [-0.2, 0) is 0 Å². The lowest BCUT2D eigenvalue weighted by atomic mass is 9.91. The van der Waals surface area contributed by atoms with Crippen molar-refractivity contribution in [2.45, 2.75) is 0 Å². The average molecular weight is 575 g/mol. The molecule has 8 rings (SSSR count). The van der Waals surface area contributed by atoms with Gasteiger partial charge in [-0.1, -0.05) is 103 Å². The van der Waals surface area contributed by atoms with Crippen LogP contribution in [0.2, 0.25) is 5.02 Å². The Kier molecular flexibility index (Phi) is 6.06. The van der Waals surface area contributed by atoms with Crippen LogP contribution in [0.3, 0.4) is 0 Å². The van der Waals surface area contributed by atoms with E-state index < -0.39 is 0 Å². The number of fused-ring (bicyclic) bond motifs is 4. The van der Waals surface area contributed by atoms with Crippen LogP contribution in [0.25, 0.3) is 75.7 Å². The number of benzene rings is 6. The van der Waals surface area contributed by atoms with Gasteiger partial charge < -0.3 is 0 Å². The predicted octanol–water partition coefficient (Wildman–Crippen LogP) is 11.3. The first kappa shape index (κ1) is 24.9. The van der Waals surface area contributed by atoms with Crippen LogP contribution in [0.1, 0.15) is 0 Å². The summed E-state index contributed by atoms with van der Waals surface area (Å²) in [6.07, 6.45) is 3.70. The van der Waals surface area contributed by atoms with E-state index in [2.05, 4.69) is 102 Å². The van der Waals surface area contributed by atoms with Gasteiger partial charge in [-0.3, -0.25) is 4.98 Å². The summed E-state index contributed by atoms with van der Waals surface area (Å²) >= 11 is 7.92. The minimum atomic E-state index is 0.722. The number of pyridine rings is 1. The van der Waals surface area contributed by atoms with Crippen molar-refractivity contribution in [1.82, 2.24) is 9.97 Å². The van der Waals surface area contributed by atoms with Gasteiger partial charge in [-0.15, -0.1) is 11.3 Å². The fraction of sp³-hybridized carbons (Fsp3) is 0. The van der Waals surface area contributed by atoms with E-state index in [-0.39, 0.29) is 0 Å². The van der Waals surface area contributed by atoms with Crippen molar-refractivity contribution < 1.29 is 0 Å². The van der Waals surface area contributed by atoms with Gasteiger partial charge in [0.2, 0.25) is 0 Å². The van der Waals surface area contributed by atoms with Crippen LogP contribution in [0.4, 0.5) is 0 Å². The first-order valence-corrected chi connectivity index (χ1v) is 15.0. The number of thiazole rings is 1. The van der Waals surface area contributed by atoms with E-state index in [0.717, 1.165) is 48.1 Å². The molecule has 0 radical (unpaired) electrons. The van der Waals surface area contributed by atoms with E-state index in [1.54, 1.807) is 17.5 Å². The molecule has 0 fully saturated rings. The monoisotopic (exact) mass is 574 g/mol. The Bertz CT molecular complexity index is 2240. The number of hydrogen-bond donors (Lipinski definition) is 0. The molecule has 4 heteroatoms. The number of rotatable bonds is 4. The number of nitrogens with zero attached hydrogens (tertiary/aromatic N) is 2. The number of aromatic nitrogens is 2. The maximum Gasteiger partial charge on any atom is 0.124 e. The lowest BCUT2D eigenvalue weighted by molar-refractivity contribution is 1.33. The first-order valence-electron chi connectivity index (χ1n) is 13.8. The van der Waals surface area contributed by atoms with E-state index in [1.165, 1.54) is 32.7 Å². The third kappa shape index (κ3) is 4.35. The van der Waals surface area contributed by atoms with Crippen LogP contribution in [0, 0.1) is 0 Å². The van der Waals surface area contributed by atoms with Gasteiger partial charge in [0, 0.05) is 28.5 Å². The molecule has 2 heterocycles. The van der Waals surface area contributed by atoms with Crippen LogP contribution in [0.5, 0.6) is 0 Å². The molecular formula is C38H23ClN2S. The maximum absolute atomic E-state index is 6.20. The molecule has 8 aromatic rings. The highest BCUT2D eigenvalue weighted by Crippen LogP contribution is 2.42. The molecule has 0 bridgehead atoms. The molecule has 198 valence electrons. The van der Waals surface area contributed by atoms with E-state index in [1.807, 2.05) is 36.5 Å². The summed E-state index contributed by atoms with van der Waals surface area (Å²) in [4.78, 5) is 9.48. The smallest absolute Gasteiger partial charge is 0.124 e. The Hall–Kier alpha value is -4.83. The molecule has 0 N–H and O–H groups in total. The standard InChI is InChI=1S/C38H23ClN2S/c39-30-17-15-26(16-18-30)38-41-37-35(25-13-11-24(12-14-25)28-7-5-19-40-23-28)21-29(22-36(37)42-38)34-20-27-6-1-2-8-31(27)32-9-3-4-10-33(32)34/h1-23H. The molecule has 6 aromatic carbocycles. The largest absolute Gasteiger partial charge is 0.264 e. The summed E-state index contributed by atoms with van der Waals surface area (Å²) in [7, 11) is 0. The van der Waals surface area contributed by atoms with Crippen molar-refractivity contribution in [3.63, 3.8) is 0 Å². The van der Waals surface area contributed by atoms with E-state index in [4.69, 9.17) is 16.6 Å². The van der Waals surface area contributed by atoms with Crippen molar-refractivity contribution in [1.29, 1.82) is 0 Å². The molecule has 0 aliphatic heterocycles. The highest BCUT2D eigenvalue weighted by Gasteiger charge is 2.16. The maximum atomic E-state index is 6.20. The summed E-state index contributed by atoms with van der Waals surface area (Å²) < 4.78 is 1.15. The summed E-state index contributed by atoms with van der Waals surface area (Å²) in [6.45, 7) is 0. The molecule has 0 saturated carbocycles. The Morgan fingerprint density at radius 1 is 0.524 bits per heavy atom. The van der Waals surface area contributed by atoms with Crippen molar-refractivity contribution in [3.8, 4) is 44.0 Å². The topological polar surface area (TPSA) is 25.8 Å². The third-order valence-electron chi connectivity index (χ3n) is 7.86. The number of hydrogen-bond acceptors (Lipinski definition) is 3. The molecule has 0 unspecified atom stereocenters. The second-order valence-electron chi connectivity index (χ2n) is 10.4. The van der Waals surface area contributed by atoms with Crippen molar-refractivity contribution in [2.75, 3.05) is 0 Å². The van der Waals surface area contributed by atoms with Crippen LogP contribution in [0.15, 0.2) is 140 Å². The zero-order valence-electron chi connectivity index (χ0n) is 22.5. The molecular weight excluding hydrogens is 552 g/mol. The third-order valence-corrected chi connectivity index (χ3v) is 9.16. The molecule has 42 heavy (non-hydrogen) atoms. The van der Waals surface area contributed by atoms with Gasteiger partial charge in [0.25, 0.3) is 0 Å². The lowest BCUT2D eigenvalue weighted by Crippen LogP contribution is -1.88. The summed E-state index contributed by atoms with van der Waals surface area (Å²) in [5.41, 5.74) is 8.97. The average Bonchev–Trinajstić information content (AvgIpc) is 3.49. The Labute approximate surface area is 252 Å². The molecule has 0 aliphatic carbocycles. The quantitative estimate of drug-likeness (QED) is 0.195. The predicted molar refractivity (Wildman–Crippen MR) is 179 cm³/mol. The Morgan fingerprint density at radius 3 is 2.02 bits per heavy atom. The Balaban J connectivity index is 1.37. The molecule has 0 atom stereocenters. The van der Waals surface area contributed by atoms with Gasteiger partial charge in [-0.05, 0) is 85.8 Å². The second-order valence-corrected chi connectivity index (χ2v) is 11.9. The van der Waals surface area contributed by atoms with Gasteiger partial charge in [-0.25, -0.2) is 4.98 Å². The van der Waals surface area contributed by atoms with E-state index in [0.29, 0.717) is 0 Å². The molecule has 0 spiro atoms. The van der Waals surface area contributed by atoms with Crippen molar-refractivity contribution in [3.05, 3.63) is 145 Å². The molecule has 2 aromatic heterocycles. The van der Waals surface area contributed by atoms with Gasteiger partial charge in [0.1, 0.15) is 5.01 Å². The molecule has 0 saturated heterocycles. The fourth-order valence-corrected chi connectivity index (χ4v) is 6.95. The van der Waals surface area contributed by atoms with Gasteiger partial charge >= 0.3 is 0 Å². The minimum absolute atomic E-state index is 0.722. The first-order chi connectivity index (χ1) is 20.7. The van der Waals surface area contributed by atoms with Crippen LogP contribution >= 0.6 is 22.9 Å². The highest BCUT2D eigenvalue weighted by molar-refractivity contribution is 7.21. The minimum Gasteiger partial charge on any atom is -0.264 e. The van der Waals surface area contributed by atoms with Gasteiger partial charge in [0.05, 0.1) is 10.2 Å². The SMILES string of the molecule is Clc1ccc(-c2nc3c(-c4ccc(-c5cccnc5)cc4)cc(-c4cc5ccccc5c5ccccc45)cc3s2)cc1. The zero-order chi connectivity index (χ0) is 28.0. The molecule has 2 nitrogen and oxygen atoms in total. The molecule has 0 amide bonds. The summed E-state index contributed by atoms with van der Waals surface area (Å²) in [6, 6.07) is 45.0.